The van der Waals surface area contributed by atoms with Crippen LogP contribution in [0, 0.1) is 0 Å². The minimum Gasteiger partial charge on any atom is -0.305 e. The van der Waals surface area contributed by atoms with E-state index in [0.717, 1.165) is 4.90 Å². The molecule has 1 atom stereocenters. The normalized spacial score (nSPS) is 17.0. The molecular weight excluding hydrogens is 398 g/mol. The van der Waals surface area contributed by atoms with Gasteiger partial charge >= 0.3 is 11.1 Å². The zero-order chi connectivity index (χ0) is 20.2. The highest BCUT2D eigenvalue weighted by Crippen LogP contribution is 2.40. The number of rotatable bonds is 2. The SMILES string of the molecule is C[C@@H]1CN(S(=O)(=O)c2ccc3c(c2)n(C)c(=O)c(=O)n3C)c2ccccc2S1. The molecule has 2 heterocycles. The summed E-state index contributed by atoms with van der Waals surface area (Å²) in [5.74, 6) is 0. The van der Waals surface area contributed by atoms with Crippen LogP contribution in [0.3, 0.4) is 0 Å². The van der Waals surface area contributed by atoms with Crippen molar-refractivity contribution in [2.24, 2.45) is 14.1 Å². The lowest BCUT2D eigenvalue weighted by molar-refractivity contribution is 0.589. The first kappa shape index (κ1) is 18.8. The zero-order valence-electron chi connectivity index (χ0n) is 15.6. The number of aryl methyl sites for hydroxylation is 2. The van der Waals surface area contributed by atoms with Crippen LogP contribution in [-0.2, 0) is 24.1 Å². The Balaban J connectivity index is 1.93. The third-order valence-corrected chi connectivity index (χ3v) is 7.86. The summed E-state index contributed by atoms with van der Waals surface area (Å²) in [7, 11) is -0.866. The number of aromatic nitrogens is 2. The van der Waals surface area contributed by atoms with E-state index in [1.165, 1.54) is 39.7 Å². The van der Waals surface area contributed by atoms with Crippen molar-refractivity contribution in [1.29, 1.82) is 0 Å². The highest BCUT2D eigenvalue weighted by atomic mass is 32.2. The van der Waals surface area contributed by atoms with Gasteiger partial charge in [-0.3, -0.25) is 13.9 Å². The molecule has 0 radical (unpaired) electrons. The van der Waals surface area contributed by atoms with Crippen LogP contribution in [0.15, 0.2) is 61.8 Å². The van der Waals surface area contributed by atoms with Crippen molar-refractivity contribution in [3.8, 4) is 0 Å². The summed E-state index contributed by atoms with van der Waals surface area (Å²) in [5, 5.41) is 0.107. The van der Waals surface area contributed by atoms with Gasteiger partial charge in [-0.15, -0.1) is 11.8 Å². The van der Waals surface area contributed by atoms with Crippen LogP contribution in [0.25, 0.3) is 11.0 Å². The smallest absolute Gasteiger partial charge is 0.305 e. The molecule has 0 fully saturated rings. The Hall–Kier alpha value is -2.52. The second-order valence-corrected chi connectivity index (χ2v) is 10.2. The van der Waals surface area contributed by atoms with E-state index >= 15 is 0 Å². The number of para-hydroxylation sites is 1. The monoisotopic (exact) mass is 417 g/mol. The van der Waals surface area contributed by atoms with Crippen LogP contribution >= 0.6 is 11.8 Å². The molecule has 0 unspecified atom stereocenters. The van der Waals surface area contributed by atoms with E-state index in [2.05, 4.69) is 0 Å². The van der Waals surface area contributed by atoms with Gasteiger partial charge in [0.15, 0.2) is 0 Å². The third kappa shape index (κ3) is 2.77. The van der Waals surface area contributed by atoms with Gasteiger partial charge in [0.2, 0.25) is 0 Å². The fraction of sp³-hybridized carbons (Fsp3) is 0.263. The number of hydrogen-bond donors (Lipinski definition) is 0. The van der Waals surface area contributed by atoms with Gasteiger partial charge in [-0.1, -0.05) is 19.1 Å². The molecule has 1 aromatic heterocycles. The molecule has 0 saturated heterocycles. The zero-order valence-corrected chi connectivity index (χ0v) is 17.3. The number of thioether (sulfide) groups is 1. The quantitative estimate of drug-likeness (QED) is 0.595. The molecule has 0 N–H and O–H groups in total. The van der Waals surface area contributed by atoms with Crippen molar-refractivity contribution in [3.05, 3.63) is 63.2 Å². The van der Waals surface area contributed by atoms with Crippen molar-refractivity contribution in [2.45, 2.75) is 22.0 Å². The Morgan fingerprint density at radius 1 is 0.964 bits per heavy atom. The summed E-state index contributed by atoms with van der Waals surface area (Å²) in [6.45, 7) is 2.34. The second-order valence-electron chi connectivity index (χ2n) is 6.81. The van der Waals surface area contributed by atoms with Crippen LogP contribution in [0.5, 0.6) is 0 Å². The third-order valence-electron chi connectivity index (χ3n) is 4.93. The maximum absolute atomic E-state index is 13.4. The minimum atomic E-state index is -3.84. The highest BCUT2D eigenvalue weighted by molar-refractivity contribution is 8.00. The van der Waals surface area contributed by atoms with E-state index in [4.69, 9.17) is 0 Å². The van der Waals surface area contributed by atoms with Gasteiger partial charge in [-0.2, -0.15) is 0 Å². The summed E-state index contributed by atoms with van der Waals surface area (Å²) in [5.41, 5.74) is 0.189. The van der Waals surface area contributed by atoms with Crippen molar-refractivity contribution in [3.63, 3.8) is 0 Å². The highest BCUT2D eigenvalue weighted by Gasteiger charge is 2.32. The Labute approximate surface area is 166 Å². The van der Waals surface area contributed by atoms with Gasteiger partial charge in [0.05, 0.1) is 21.6 Å². The average molecular weight is 418 g/mol. The van der Waals surface area contributed by atoms with Crippen LogP contribution in [0.4, 0.5) is 5.69 Å². The maximum Gasteiger partial charge on any atom is 0.316 e. The Morgan fingerprint density at radius 2 is 1.61 bits per heavy atom. The minimum absolute atomic E-state index is 0.0857. The molecule has 146 valence electrons. The number of nitrogens with zero attached hydrogens (tertiary/aromatic N) is 3. The molecule has 0 spiro atoms. The van der Waals surface area contributed by atoms with Gasteiger partial charge in [-0.05, 0) is 30.3 Å². The summed E-state index contributed by atoms with van der Waals surface area (Å²) in [6, 6.07) is 11.9. The van der Waals surface area contributed by atoms with Crippen LogP contribution < -0.4 is 15.4 Å². The largest absolute Gasteiger partial charge is 0.316 e. The molecule has 0 amide bonds. The van der Waals surface area contributed by atoms with Crippen molar-refractivity contribution < 1.29 is 8.42 Å². The predicted octanol–water partition coefficient (Wildman–Crippen LogP) is 1.93. The standard InChI is InChI=1S/C19H19N3O4S2/c1-12-11-22(15-6-4-5-7-17(15)27-12)28(25,26)13-8-9-14-16(10-13)21(3)19(24)18(23)20(14)2/h4-10,12H,11H2,1-3H3/t12-/m1/s1. The number of anilines is 1. The summed E-state index contributed by atoms with van der Waals surface area (Å²) in [6.07, 6.45) is 0. The van der Waals surface area contributed by atoms with Crippen molar-refractivity contribution >= 4 is 38.5 Å². The first-order chi connectivity index (χ1) is 13.2. The first-order valence-corrected chi connectivity index (χ1v) is 11.0. The van der Waals surface area contributed by atoms with Crippen LogP contribution in [-0.4, -0.2) is 29.3 Å². The molecular formula is C19H19N3O4S2. The molecule has 1 aliphatic rings. The maximum atomic E-state index is 13.4. The van der Waals surface area contributed by atoms with E-state index in [0.29, 0.717) is 23.3 Å². The Kier molecular flexibility index (Phi) is 4.39. The predicted molar refractivity (Wildman–Crippen MR) is 111 cm³/mol. The van der Waals surface area contributed by atoms with Crippen LogP contribution in [0.2, 0.25) is 0 Å². The lowest BCUT2D eigenvalue weighted by atomic mass is 10.3. The number of hydrogen-bond acceptors (Lipinski definition) is 5. The van der Waals surface area contributed by atoms with Gasteiger partial charge in [0, 0.05) is 30.8 Å². The molecule has 2 aromatic carbocycles. The fourth-order valence-corrected chi connectivity index (χ4v) is 6.28. The van der Waals surface area contributed by atoms with E-state index in [9.17, 15) is 18.0 Å². The number of sulfonamides is 1. The van der Waals surface area contributed by atoms with Crippen molar-refractivity contribution in [2.75, 3.05) is 10.8 Å². The summed E-state index contributed by atoms with van der Waals surface area (Å²) in [4.78, 5) is 25.1. The average Bonchev–Trinajstić information content (AvgIpc) is 2.69. The van der Waals surface area contributed by atoms with E-state index in [-0.39, 0.29) is 10.1 Å². The fourth-order valence-electron chi connectivity index (χ4n) is 3.43. The van der Waals surface area contributed by atoms with Gasteiger partial charge in [0.1, 0.15) is 0 Å². The molecule has 4 rings (SSSR count). The molecule has 0 bridgehead atoms. The number of fused-ring (bicyclic) bond motifs is 2. The van der Waals surface area contributed by atoms with Gasteiger partial charge < -0.3 is 9.13 Å². The molecule has 0 aliphatic carbocycles. The van der Waals surface area contributed by atoms with Crippen LogP contribution in [0.1, 0.15) is 6.92 Å². The van der Waals surface area contributed by atoms with Crippen molar-refractivity contribution in [1.82, 2.24) is 9.13 Å². The number of benzene rings is 2. The summed E-state index contributed by atoms with van der Waals surface area (Å²) < 4.78 is 30.8. The van der Waals surface area contributed by atoms with E-state index in [1.54, 1.807) is 23.9 Å². The second kappa shape index (κ2) is 6.52. The molecule has 28 heavy (non-hydrogen) atoms. The molecule has 3 aromatic rings. The molecule has 9 heteroatoms. The first-order valence-electron chi connectivity index (χ1n) is 8.70. The Morgan fingerprint density at radius 3 is 2.32 bits per heavy atom. The van der Waals surface area contributed by atoms with Gasteiger partial charge in [0.25, 0.3) is 10.0 Å². The summed E-state index contributed by atoms with van der Waals surface area (Å²) >= 11 is 1.65. The van der Waals surface area contributed by atoms with Gasteiger partial charge in [-0.25, -0.2) is 8.42 Å². The molecule has 7 nitrogen and oxygen atoms in total. The lowest BCUT2D eigenvalue weighted by Crippen LogP contribution is -2.40. The Bertz CT molecular complexity index is 1330. The topological polar surface area (TPSA) is 81.4 Å². The molecule has 0 saturated carbocycles. The molecule has 1 aliphatic heterocycles. The van der Waals surface area contributed by atoms with E-state index < -0.39 is 21.1 Å². The lowest BCUT2D eigenvalue weighted by Gasteiger charge is -2.33. The van der Waals surface area contributed by atoms with E-state index in [1.807, 2.05) is 25.1 Å².